The van der Waals surface area contributed by atoms with Crippen molar-refractivity contribution in [2.24, 2.45) is 0 Å². The summed E-state index contributed by atoms with van der Waals surface area (Å²) in [6.07, 6.45) is 0. The fourth-order valence-corrected chi connectivity index (χ4v) is 11.1. The molecule has 0 N–H and O–H groups in total. The maximum atomic E-state index is 4.20. The highest BCUT2D eigenvalue weighted by molar-refractivity contribution is 7.04. The minimum absolute atomic E-state index is 1.25. The van der Waals surface area contributed by atoms with Gasteiger partial charge >= 0.3 is 0 Å². The van der Waals surface area contributed by atoms with Crippen LogP contribution in [0.5, 0.6) is 0 Å². The van der Waals surface area contributed by atoms with Crippen molar-refractivity contribution in [2.45, 2.75) is 51.9 Å². The van der Waals surface area contributed by atoms with Crippen LogP contribution in [-0.4, -0.2) is 16.1 Å². The van der Waals surface area contributed by atoms with Crippen LogP contribution in [0.15, 0.2) is 48.8 Å². The minimum Gasteiger partial charge on any atom is -0.107 e. The van der Waals surface area contributed by atoms with Gasteiger partial charge in [0.25, 0.3) is 0 Å². The molecule has 0 aliphatic rings. The summed E-state index contributed by atoms with van der Waals surface area (Å²) in [6, 6.07) is 14.2. The van der Waals surface area contributed by atoms with Crippen molar-refractivity contribution in [3.8, 4) is 0 Å². The van der Waals surface area contributed by atoms with Gasteiger partial charge in [-0.1, -0.05) is 97.9 Å². The summed E-state index contributed by atoms with van der Waals surface area (Å²) < 4.78 is 0. The molecule has 0 saturated heterocycles. The Kier molecular flexibility index (Phi) is 6.21. The van der Waals surface area contributed by atoms with E-state index in [1.54, 1.807) is 10.4 Å². The van der Waals surface area contributed by atoms with Crippen molar-refractivity contribution in [1.29, 1.82) is 0 Å². The largest absolute Gasteiger partial charge is 0.109 e. The summed E-state index contributed by atoms with van der Waals surface area (Å²) in [4.78, 5) is 0. The molecular weight excluding hydrogens is 272 g/mol. The second-order valence-electron chi connectivity index (χ2n) is 5.68. The zero-order valence-electron chi connectivity index (χ0n) is 13.7. The zero-order valence-corrected chi connectivity index (χ0v) is 15.7. The fraction of sp³-hybridized carbons (Fsp3) is 0.444. The number of benzene rings is 1. The number of rotatable bonds is 8. The van der Waals surface area contributed by atoms with Gasteiger partial charge in [-0.2, -0.15) is 0 Å². The highest BCUT2D eigenvalue weighted by atomic mass is 28.3. The summed E-state index contributed by atoms with van der Waals surface area (Å²) in [5, 5.41) is 3.27. The second-order valence-corrected chi connectivity index (χ2v) is 15.0. The summed E-state index contributed by atoms with van der Waals surface area (Å²) in [7, 11) is -3.09. The molecule has 1 aromatic carbocycles. The van der Waals surface area contributed by atoms with Gasteiger partial charge in [0, 0.05) is 0 Å². The van der Waals surface area contributed by atoms with E-state index in [4.69, 9.17) is 0 Å². The van der Waals surface area contributed by atoms with Crippen molar-refractivity contribution in [3.05, 3.63) is 48.8 Å². The van der Waals surface area contributed by atoms with E-state index in [0.717, 1.165) is 0 Å². The molecule has 1 aromatic rings. The van der Waals surface area contributed by atoms with Gasteiger partial charge in [0.1, 0.15) is 16.1 Å². The summed E-state index contributed by atoms with van der Waals surface area (Å²) in [5.74, 6) is 0. The Balaban J connectivity index is 3.59. The van der Waals surface area contributed by atoms with Crippen LogP contribution in [0.2, 0.25) is 24.2 Å². The van der Waals surface area contributed by atoms with Crippen LogP contribution in [0.25, 0.3) is 0 Å². The molecule has 0 fully saturated rings. The van der Waals surface area contributed by atoms with Gasteiger partial charge in [-0.3, -0.25) is 0 Å². The van der Waals surface area contributed by atoms with Gasteiger partial charge < -0.3 is 0 Å². The normalized spacial score (nSPS) is 12.2. The second kappa shape index (κ2) is 7.23. The standard InChI is InChI=1S/C18H30Si2/c1-7-19(8-2,9-3)17-15-13-14-16-18(17)20(10-4,11-5)12-6/h7,10,13-16H,1,4,8-9,11-12H2,2-3,5-6H3. The minimum atomic E-state index is -1.55. The molecule has 20 heavy (non-hydrogen) atoms. The Labute approximate surface area is 127 Å². The molecule has 0 aliphatic carbocycles. The van der Waals surface area contributed by atoms with Crippen LogP contribution in [0.4, 0.5) is 0 Å². The molecule has 0 bridgehead atoms. The van der Waals surface area contributed by atoms with E-state index >= 15 is 0 Å². The molecule has 0 nitrogen and oxygen atoms in total. The van der Waals surface area contributed by atoms with Gasteiger partial charge in [0.15, 0.2) is 0 Å². The van der Waals surface area contributed by atoms with Crippen molar-refractivity contribution in [3.63, 3.8) is 0 Å². The first kappa shape index (κ1) is 17.2. The molecular formula is C18H30Si2. The van der Waals surface area contributed by atoms with Crippen molar-refractivity contribution in [2.75, 3.05) is 0 Å². The quantitative estimate of drug-likeness (QED) is 0.619. The van der Waals surface area contributed by atoms with Gasteiger partial charge in [0.05, 0.1) is 0 Å². The predicted octanol–water partition coefficient (Wildman–Crippen LogP) is 4.53. The number of hydrogen-bond donors (Lipinski definition) is 0. The topological polar surface area (TPSA) is 0 Å². The maximum Gasteiger partial charge on any atom is 0.109 e. The molecule has 0 aromatic heterocycles. The van der Waals surface area contributed by atoms with Crippen molar-refractivity contribution >= 4 is 26.5 Å². The molecule has 0 radical (unpaired) electrons. The van der Waals surface area contributed by atoms with Crippen LogP contribution in [0.1, 0.15) is 27.7 Å². The Hall–Kier alpha value is -0.866. The molecule has 1 rings (SSSR count). The first-order valence-electron chi connectivity index (χ1n) is 7.96. The lowest BCUT2D eigenvalue weighted by Crippen LogP contribution is -2.61. The van der Waals surface area contributed by atoms with E-state index in [2.05, 4.69) is 76.5 Å². The highest BCUT2D eigenvalue weighted by Crippen LogP contribution is 2.21. The van der Waals surface area contributed by atoms with E-state index in [-0.39, 0.29) is 0 Å². The third kappa shape index (κ3) is 2.77. The highest BCUT2D eigenvalue weighted by Gasteiger charge is 2.36. The van der Waals surface area contributed by atoms with Crippen LogP contribution in [0.3, 0.4) is 0 Å². The molecule has 0 spiro atoms. The van der Waals surface area contributed by atoms with Crippen molar-refractivity contribution < 1.29 is 0 Å². The first-order valence-corrected chi connectivity index (χ1v) is 12.9. The zero-order chi connectivity index (χ0) is 15.2. The summed E-state index contributed by atoms with van der Waals surface area (Å²) in [5.41, 5.74) is 4.61. The van der Waals surface area contributed by atoms with Crippen molar-refractivity contribution in [1.82, 2.24) is 0 Å². The maximum absolute atomic E-state index is 4.20. The molecule has 0 atom stereocenters. The molecule has 0 unspecified atom stereocenters. The Morgan fingerprint density at radius 2 is 1.05 bits per heavy atom. The SMILES string of the molecule is C=C[Si](CC)(CC)c1ccccc1[Si](C=C)(CC)CC. The van der Waals surface area contributed by atoms with Gasteiger partial charge in [-0.05, 0) is 0 Å². The van der Waals surface area contributed by atoms with Crippen LogP contribution in [-0.2, 0) is 0 Å². The molecule has 2 heteroatoms. The number of hydrogen-bond acceptors (Lipinski definition) is 0. The smallest absolute Gasteiger partial charge is 0.107 e. The van der Waals surface area contributed by atoms with Gasteiger partial charge in [0.2, 0.25) is 0 Å². The van der Waals surface area contributed by atoms with Crippen LogP contribution in [0, 0.1) is 0 Å². The van der Waals surface area contributed by atoms with Gasteiger partial charge in [-0.15, -0.1) is 13.2 Å². The third-order valence-electron chi connectivity index (χ3n) is 5.30. The molecule has 110 valence electrons. The van der Waals surface area contributed by atoms with E-state index in [1.807, 2.05) is 0 Å². The van der Waals surface area contributed by atoms with E-state index in [9.17, 15) is 0 Å². The van der Waals surface area contributed by atoms with Crippen LogP contribution >= 0.6 is 0 Å². The Bertz CT molecular complexity index is 411. The molecule has 0 amide bonds. The fourth-order valence-electron chi connectivity index (χ4n) is 3.41. The van der Waals surface area contributed by atoms with Gasteiger partial charge in [-0.25, -0.2) is 0 Å². The molecule has 0 saturated carbocycles. The Morgan fingerprint density at radius 1 is 0.750 bits per heavy atom. The average Bonchev–Trinajstić information content (AvgIpc) is 2.53. The monoisotopic (exact) mass is 302 g/mol. The first-order chi connectivity index (χ1) is 9.59. The molecule has 0 heterocycles. The predicted molar refractivity (Wildman–Crippen MR) is 99.5 cm³/mol. The molecule has 0 aliphatic heterocycles. The van der Waals surface area contributed by atoms with E-state index in [1.165, 1.54) is 24.2 Å². The third-order valence-corrected chi connectivity index (χ3v) is 15.2. The average molecular weight is 303 g/mol. The Morgan fingerprint density at radius 3 is 1.25 bits per heavy atom. The lowest BCUT2D eigenvalue weighted by molar-refractivity contribution is 1.28. The lowest BCUT2D eigenvalue weighted by Gasteiger charge is -2.35. The lowest BCUT2D eigenvalue weighted by atomic mass is 10.4. The summed E-state index contributed by atoms with van der Waals surface area (Å²) >= 11 is 0. The van der Waals surface area contributed by atoms with E-state index < -0.39 is 16.1 Å². The van der Waals surface area contributed by atoms with Crippen LogP contribution < -0.4 is 10.4 Å². The summed E-state index contributed by atoms with van der Waals surface area (Å²) in [6.45, 7) is 17.8. The van der Waals surface area contributed by atoms with E-state index in [0.29, 0.717) is 0 Å².